The van der Waals surface area contributed by atoms with Gasteiger partial charge in [0.25, 0.3) is 0 Å². The van der Waals surface area contributed by atoms with Crippen molar-refractivity contribution in [2.45, 2.75) is 13.1 Å². The van der Waals surface area contributed by atoms with Crippen molar-refractivity contribution in [3.63, 3.8) is 0 Å². The van der Waals surface area contributed by atoms with Crippen LogP contribution in [0.1, 0.15) is 10.6 Å². The van der Waals surface area contributed by atoms with Gasteiger partial charge in [-0.3, -0.25) is 4.79 Å². The van der Waals surface area contributed by atoms with Crippen LogP contribution in [0.2, 0.25) is 0 Å². The summed E-state index contributed by atoms with van der Waals surface area (Å²) in [5.41, 5.74) is 0. The van der Waals surface area contributed by atoms with Gasteiger partial charge in [0.05, 0.1) is 25.1 Å². The fourth-order valence-corrected chi connectivity index (χ4v) is 2.78. The number of nitrogens with zero attached hydrogens (tertiary/aromatic N) is 1. The molecule has 0 atom stereocenters. The number of carbonyl (C=O) groups excluding carboxylic acids is 1. The highest BCUT2D eigenvalue weighted by Gasteiger charge is 2.15. The van der Waals surface area contributed by atoms with Crippen LogP contribution >= 0.6 is 23.1 Å². The summed E-state index contributed by atoms with van der Waals surface area (Å²) >= 11 is 3.21. The van der Waals surface area contributed by atoms with Gasteiger partial charge in [-0.05, 0) is 29.8 Å². The van der Waals surface area contributed by atoms with Crippen molar-refractivity contribution in [3.05, 3.63) is 46.5 Å². The van der Waals surface area contributed by atoms with E-state index in [1.807, 2.05) is 40.8 Å². The number of thioether (sulfide) groups is 1. The van der Waals surface area contributed by atoms with Crippen molar-refractivity contribution in [1.29, 1.82) is 0 Å². The topological polar surface area (TPSA) is 33.5 Å². The van der Waals surface area contributed by atoms with Crippen LogP contribution in [0.3, 0.4) is 0 Å². The van der Waals surface area contributed by atoms with Crippen LogP contribution in [0.25, 0.3) is 0 Å². The SMILES string of the molecule is CSCC(=O)N(Cc1ccco1)Cc1cccs1. The molecule has 0 aliphatic rings. The molecule has 0 aliphatic carbocycles. The van der Waals surface area contributed by atoms with Gasteiger partial charge in [0, 0.05) is 4.88 Å². The molecule has 0 aromatic carbocycles. The van der Waals surface area contributed by atoms with Crippen molar-refractivity contribution in [2.75, 3.05) is 12.0 Å². The van der Waals surface area contributed by atoms with E-state index in [1.54, 1.807) is 29.4 Å². The van der Waals surface area contributed by atoms with E-state index in [2.05, 4.69) is 0 Å². The van der Waals surface area contributed by atoms with Gasteiger partial charge in [-0.25, -0.2) is 0 Å². The largest absolute Gasteiger partial charge is 0.467 e. The number of hydrogen-bond donors (Lipinski definition) is 0. The highest BCUT2D eigenvalue weighted by Crippen LogP contribution is 2.15. The van der Waals surface area contributed by atoms with Crippen molar-refractivity contribution in [1.82, 2.24) is 4.90 Å². The number of furan rings is 1. The Kier molecular flexibility index (Phi) is 4.90. The highest BCUT2D eigenvalue weighted by atomic mass is 32.2. The first kappa shape index (κ1) is 13.2. The number of thiophene rings is 1. The number of carbonyl (C=O) groups is 1. The zero-order valence-electron chi connectivity index (χ0n) is 10.2. The Morgan fingerprint density at radius 1 is 1.39 bits per heavy atom. The predicted octanol–water partition coefficient (Wildman–Crippen LogP) is 3.23. The Bertz CT molecular complexity index is 429. The monoisotopic (exact) mass is 281 g/mol. The molecule has 0 aliphatic heterocycles. The standard InChI is InChI=1S/C13H15NO2S2/c1-17-10-13(15)14(8-11-4-2-6-16-11)9-12-5-3-7-18-12/h2-7H,8-10H2,1H3. The third-order valence-corrected chi connectivity index (χ3v) is 3.87. The van der Waals surface area contributed by atoms with Crippen LogP contribution < -0.4 is 0 Å². The van der Waals surface area contributed by atoms with Crippen LogP contribution in [0.4, 0.5) is 0 Å². The lowest BCUT2D eigenvalue weighted by Gasteiger charge is -2.20. The third kappa shape index (κ3) is 3.65. The van der Waals surface area contributed by atoms with E-state index in [4.69, 9.17) is 4.42 Å². The van der Waals surface area contributed by atoms with E-state index in [9.17, 15) is 4.79 Å². The summed E-state index contributed by atoms with van der Waals surface area (Å²) in [6, 6.07) is 7.79. The Morgan fingerprint density at radius 3 is 2.89 bits per heavy atom. The van der Waals surface area contributed by atoms with E-state index in [1.165, 1.54) is 4.88 Å². The van der Waals surface area contributed by atoms with Gasteiger partial charge in [0.1, 0.15) is 5.76 Å². The fraction of sp³-hybridized carbons (Fsp3) is 0.308. The number of hydrogen-bond acceptors (Lipinski definition) is 4. The molecule has 18 heavy (non-hydrogen) atoms. The molecule has 2 heterocycles. The maximum Gasteiger partial charge on any atom is 0.233 e. The first-order valence-corrected chi connectivity index (χ1v) is 7.88. The summed E-state index contributed by atoms with van der Waals surface area (Å²) in [6.07, 6.45) is 3.58. The minimum absolute atomic E-state index is 0.146. The zero-order valence-corrected chi connectivity index (χ0v) is 11.8. The average molecular weight is 281 g/mol. The molecular weight excluding hydrogens is 266 g/mol. The third-order valence-electron chi connectivity index (χ3n) is 2.47. The van der Waals surface area contributed by atoms with E-state index in [0.29, 0.717) is 18.8 Å². The van der Waals surface area contributed by atoms with E-state index in [0.717, 1.165) is 5.76 Å². The van der Waals surface area contributed by atoms with E-state index in [-0.39, 0.29) is 5.91 Å². The van der Waals surface area contributed by atoms with E-state index < -0.39 is 0 Å². The lowest BCUT2D eigenvalue weighted by atomic mass is 10.3. The second kappa shape index (κ2) is 6.66. The quantitative estimate of drug-likeness (QED) is 0.815. The molecule has 0 spiro atoms. The van der Waals surface area contributed by atoms with Gasteiger partial charge in [-0.2, -0.15) is 11.8 Å². The smallest absolute Gasteiger partial charge is 0.233 e. The lowest BCUT2D eigenvalue weighted by molar-refractivity contribution is -0.129. The van der Waals surface area contributed by atoms with Gasteiger partial charge < -0.3 is 9.32 Å². The molecule has 0 unspecified atom stereocenters. The molecule has 0 bridgehead atoms. The predicted molar refractivity (Wildman–Crippen MR) is 75.7 cm³/mol. The first-order chi connectivity index (χ1) is 8.79. The number of rotatable bonds is 6. The normalized spacial score (nSPS) is 10.5. The van der Waals surface area contributed by atoms with Crippen molar-refractivity contribution >= 4 is 29.0 Å². The molecule has 2 aromatic heterocycles. The van der Waals surface area contributed by atoms with Crippen LogP contribution in [0.15, 0.2) is 40.3 Å². The van der Waals surface area contributed by atoms with Gasteiger partial charge in [-0.15, -0.1) is 11.3 Å². The maximum atomic E-state index is 12.1. The van der Waals surface area contributed by atoms with Crippen molar-refractivity contribution < 1.29 is 9.21 Å². The highest BCUT2D eigenvalue weighted by molar-refractivity contribution is 7.99. The summed E-state index contributed by atoms with van der Waals surface area (Å²) in [7, 11) is 0. The van der Waals surface area contributed by atoms with Crippen molar-refractivity contribution in [2.24, 2.45) is 0 Å². The molecule has 2 rings (SSSR count). The molecule has 2 aromatic rings. The summed E-state index contributed by atoms with van der Waals surface area (Å²) in [6.45, 7) is 1.18. The van der Waals surface area contributed by atoms with Gasteiger partial charge >= 0.3 is 0 Å². The molecule has 5 heteroatoms. The second-order valence-corrected chi connectivity index (χ2v) is 5.74. The summed E-state index contributed by atoms with van der Waals surface area (Å²) in [5, 5.41) is 2.03. The van der Waals surface area contributed by atoms with Gasteiger partial charge in [-0.1, -0.05) is 6.07 Å². The molecule has 0 saturated carbocycles. The molecule has 3 nitrogen and oxygen atoms in total. The zero-order chi connectivity index (χ0) is 12.8. The van der Waals surface area contributed by atoms with Crippen LogP contribution in [0.5, 0.6) is 0 Å². The second-order valence-electron chi connectivity index (χ2n) is 3.84. The van der Waals surface area contributed by atoms with Crippen LogP contribution in [-0.4, -0.2) is 22.8 Å². The molecule has 0 fully saturated rings. The van der Waals surface area contributed by atoms with Crippen LogP contribution in [-0.2, 0) is 17.9 Å². The molecule has 0 radical (unpaired) electrons. The Balaban J connectivity index is 2.04. The molecular formula is C13H15NO2S2. The maximum absolute atomic E-state index is 12.1. The van der Waals surface area contributed by atoms with E-state index >= 15 is 0 Å². The summed E-state index contributed by atoms with van der Waals surface area (Å²) in [5.74, 6) is 1.47. The summed E-state index contributed by atoms with van der Waals surface area (Å²) < 4.78 is 5.31. The first-order valence-electron chi connectivity index (χ1n) is 5.61. The Morgan fingerprint density at radius 2 is 2.28 bits per heavy atom. The van der Waals surface area contributed by atoms with Gasteiger partial charge in [0.2, 0.25) is 5.91 Å². The molecule has 96 valence electrons. The minimum Gasteiger partial charge on any atom is -0.467 e. The summed E-state index contributed by atoms with van der Waals surface area (Å²) in [4.78, 5) is 15.1. The fourth-order valence-electron chi connectivity index (χ4n) is 1.63. The minimum atomic E-state index is 0.146. The molecule has 0 saturated heterocycles. The Labute approximate surface area is 115 Å². The average Bonchev–Trinajstić information content (AvgIpc) is 3.01. The van der Waals surface area contributed by atoms with Crippen molar-refractivity contribution in [3.8, 4) is 0 Å². The van der Waals surface area contributed by atoms with Gasteiger partial charge in [0.15, 0.2) is 0 Å². The molecule has 0 N–H and O–H groups in total. The molecule has 1 amide bonds. The Hall–Kier alpha value is -1.20. The van der Waals surface area contributed by atoms with Crippen LogP contribution in [0, 0.1) is 0 Å². The number of amides is 1. The lowest BCUT2D eigenvalue weighted by Crippen LogP contribution is -2.31.